The monoisotopic (exact) mass is 237 g/mol. The zero-order chi connectivity index (χ0) is 12.0. The summed E-state index contributed by atoms with van der Waals surface area (Å²) in [6, 6.07) is 0.302. The molecular formula is C11H19N5O. The summed E-state index contributed by atoms with van der Waals surface area (Å²) in [6.07, 6.45) is 5.28. The van der Waals surface area contributed by atoms with Gasteiger partial charge in [0.1, 0.15) is 6.33 Å². The van der Waals surface area contributed by atoms with E-state index in [1.54, 1.807) is 18.1 Å². The van der Waals surface area contributed by atoms with Crippen molar-refractivity contribution >= 4 is 0 Å². The van der Waals surface area contributed by atoms with Crippen LogP contribution in [0.5, 0.6) is 0 Å². The first-order valence-corrected chi connectivity index (χ1v) is 6.16. The first-order valence-electron chi connectivity index (χ1n) is 6.16. The predicted octanol–water partition coefficient (Wildman–Crippen LogP) is -0.540. The molecule has 0 aliphatic carbocycles. The highest BCUT2D eigenvalue weighted by Gasteiger charge is 2.47. The van der Waals surface area contributed by atoms with Crippen LogP contribution in [0.3, 0.4) is 0 Å². The second kappa shape index (κ2) is 3.76. The molecule has 1 aromatic heterocycles. The quantitative estimate of drug-likeness (QED) is 0.643. The van der Waals surface area contributed by atoms with Crippen molar-refractivity contribution in [1.82, 2.24) is 20.1 Å². The maximum atomic E-state index is 10.7. The molecule has 3 unspecified atom stereocenters. The molecule has 0 radical (unpaired) electrons. The highest BCUT2D eigenvalue weighted by molar-refractivity contribution is 5.09. The van der Waals surface area contributed by atoms with Gasteiger partial charge in [0, 0.05) is 19.1 Å². The van der Waals surface area contributed by atoms with E-state index in [9.17, 15) is 5.11 Å². The summed E-state index contributed by atoms with van der Waals surface area (Å²) in [5.41, 5.74) is 5.29. The maximum absolute atomic E-state index is 10.7. The van der Waals surface area contributed by atoms with Crippen molar-refractivity contribution in [3.05, 3.63) is 12.2 Å². The van der Waals surface area contributed by atoms with Crippen LogP contribution in [0.25, 0.3) is 0 Å². The Labute approximate surface area is 100 Å². The molecule has 1 aromatic rings. The van der Waals surface area contributed by atoms with Crippen molar-refractivity contribution in [2.75, 3.05) is 0 Å². The number of aromatic nitrogens is 3. The molecule has 2 fully saturated rings. The third-order valence-electron chi connectivity index (χ3n) is 4.01. The van der Waals surface area contributed by atoms with Crippen LogP contribution >= 0.6 is 0 Å². The molecule has 3 atom stereocenters. The summed E-state index contributed by atoms with van der Waals surface area (Å²) in [4.78, 5) is 4.15. The average Bonchev–Trinajstić information content (AvgIpc) is 2.84. The Balaban J connectivity index is 1.83. The van der Waals surface area contributed by atoms with E-state index in [1.807, 2.05) is 0 Å². The van der Waals surface area contributed by atoms with Crippen LogP contribution in [-0.2, 0) is 7.05 Å². The lowest BCUT2D eigenvalue weighted by atomic mass is 9.81. The largest absolute Gasteiger partial charge is 0.388 e. The number of nitrogens with two attached hydrogens (primary N) is 1. The van der Waals surface area contributed by atoms with Gasteiger partial charge < -0.3 is 16.2 Å². The molecule has 17 heavy (non-hydrogen) atoms. The van der Waals surface area contributed by atoms with Gasteiger partial charge in [-0.1, -0.05) is 0 Å². The third kappa shape index (κ3) is 1.86. The number of rotatable bonds is 2. The Morgan fingerprint density at radius 3 is 2.71 bits per heavy atom. The molecule has 2 aliphatic rings. The molecule has 0 aromatic carbocycles. The summed E-state index contributed by atoms with van der Waals surface area (Å²) in [6.45, 7) is 0. The minimum atomic E-state index is -0.863. The molecule has 3 rings (SSSR count). The minimum absolute atomic E-state index is 0.397. The maximum Gasteiger partial charge on any atom is 0.170 e. The first-order chi connectivity index (χ1) is 8.07. The summed E-state index contributed by atoms with van der Waals surface area (Å²) in [5, 5.41) is 18.4. The average molecular weight is 237 g/mol. The van der Waals surface area contributed by atoms with Gasteiger partial charge in [-0.05, 0) is 25.7 Å². The van der Waals surface area contributed by atoms with Crippen LogP contribution in [0.4, 0.5) is 0 Å². The van der Waals surface area contributed by atoms with Gasteiger partial charge in [0.05, 0.1) is 11.6 Å². The SMILES string of the molecule is Cn1cnc(C(N)C2(O)CC3CCC(C2)N3)n1. The van der Waals surface area contributed by atoms with Crippen LogP contribution in [0.1, 0.15) is 37.5 Å². The predicted molar refractivity (Wildman–Crippen MR) is 62.1 cm³/mol. The number of fused-ring (bicyclic) bond motifs is 2. The number of nitrogens with zero attached hydrogens (tertiary/aromatic N) is 3. The summed E-state index contributed by atoms with van der Waals surface area (Å²) >= 11 is 0. The molecule has 0 spiro atoms. The molecule has 94 valence electrons. The fraction of sp³-hybridized carbons (Fsp3) is 0.818. The molecule has 0 amide bonds. The number of nitrogens with one attached hydrogen (secondary N) is 1. The zero-order valence-electron chi connectivity index (χ0n) is 10.0. The van der Waals surface area contributed by atoms with Crippen molar-refractivity contribution in [3.8, 4) is 0 Å². The molecular weight excluding hydrogens is 218 g/mol. The van der Waals surface area contributed by atoms with Crippen molar-refractivity contribution in [3.63, 3.8) is 0 Å². The fourth-order valence-corrected chi connectivity index (χ4v) is 3.15. The van der Waals surface area contributed by atoms with Gasteiger partial charge >= 0.3 is 0 Å². The lowest BCUT2D eigenvalue weighted by Gasteiger charge is -2.40. The number of piperidine rings is 1. The van der Waals surface area contributed by atoms with Gasteiger partial charge in [-0.15, -0.1) is 0 Å². The van der Waals surface area contributed by atoms with E-state index < -0.39 is 11.6 Å². The molecule has 0 saturated carbocycles. The fourth-order valence-electron chi connectivity index (χ4n) is 3.15. The van der Waals surface area contributed by atoms with E-state index >= 15 is 0 Å². The van der Waals surface area contributed by atoms with Crippen LogP contribution in [0, 0.1) is 0 Å². The topological polar surface area (TPSA) is 89.0 Å². The van der Waals surface area contributed by atoms with Gasteiger partial charge in [0.2, 0.25) is 0 Å². The van der Waals surface area contributed by atoms with E-state index in [2.05, 4.69) is 15.4 Å². The molecule has 2 bridgehead atoms. The van der Waals surface area contributed by atoms with Crippen molar-refractivity contribution in [2.24, 2.45) is 12.8 Å². The van der Waals surface area contributed by atoms with Gasteiger partial charge in [-0.25, -0.2) is 4.98 Å². The number of aliphatic hydroxyl groups is 1. The van der Waals surface area contributed by atoms with Crippen LogP contribution in [0.15, 0.2) is 6.33 Å². The Morgan fingerprint density at radius 2 is 2.18 bits per heavy atom. The highest BCUT2D eigenvalue weighted by atomic mass is 16.3. The molecule has 6 nitrogen and oxygen atoms in total. The standard InChI is InChI=1S/C11H19N5O/c1-16-6-13-10(15-16)9(12)11(17)4-7-2-3-8(5-11)14-7/h6-9,14,17H,2-5,12H2,1H3. The smallest absolute Gasteiger partial charge is 0.170 e. The lowest BCUT2D eigenvalue weighted by Crippen LogP contribution is -2.53. The van der Waals surface area contributed by atoms with Crippen LogP contribution in [-0.4, -0.2) is 37.6 Å². The summed E-state index contributed by atoms with van der Waals surface area (Å²) < 4.78 is 1.62. The second-order valence-corrected chi connectivity index (χ2v) is 5.40. The Hall–Kier alpha value is -0.980. The van der Waals surface area contributed by atoms with Crippen LogP contribution < -0.4 is 11.1 Å². The number of hydrogen-bond acceptors (Lipinski definition) is 5. The molecule has 2 saturated heterocycles. The van der Waals surface area contributed by atoms with Gasteiger partial charge in [-0.3, -0.25) is 4.68 Å². The van der Waals surface area contributed by atoms with Crippen molar-refractivity contribution in [1.29, 1.82) is 0 Å². The molecule has 3 heterocycles. The second-order valence-electron chi connectivity index (χ2n) is 5.40. The molecule has 4 N–H and O–H groups in total. The lowest BCUT2D eigenvalue weighted by molar-refractivity contribution is -0.0319. The summed E-state index contributed by atoms with van der Waals surface area (Å²) in [5.74, 6) is 0.538. The Bertz CT molecular complexity index is 406. The molecule has 6 heteroatoms. The van der Waals surface area contributed by atoms with Crippen molar-refractivity contribution in [2.45, 2.75) is 49.4 Å². The van der Waals surface area contributed by atoms with E-state index in [0.29, 0.717) is 30.7 Å². The Kier molecular flexibility index (Phi) is 2.46. The summed E-state index contributed by atoms with van der Waals surface area (Å²) in [7, 11) is 1.80. The van der Waals surface area contributed by atoms with Gasteiger partial charge in [-0.2, -0.15) is 5.10 Å². The van der Waals surface area contributed by atoms with Crippen LogP contribution in [0.2, 0.25) is 0 Å². The number of aryl methyl sites for hydroxylation is 1. The minimum Gasteiger partial charge on any atom is -0.388 e. The Morgan fingerprint density at radius 1 is 1.53 bits per heavy atom. The third-order valence-corrected chi connectivity index (χ3v) is 4.01. The highest BCUT2D eigenvalue weighted by Crippen LogP contribution is 2.39. The number of hydrogen-bond donors (Lipinski definition) is 3. The first kappa shape index (κ1) is 11.1. The molecule has 2 aliphatic heterocycles. The van der Waals surface area contributed by atoms with E-state index in [4.69, 9.17) is 5.73 Å². The van der Waals surface area contributed by atoms with Gasteiger partial charge in [0.15, 0.2) is 5.82 Å². The van der Waals surface area contributed by atoms with Crippen molar-refractivity contribution < 1.29 is 5.11 Å². The van der Waals surface area contributed by atoms with Gasteiger partial charge in [0.25, 0.3) is 0 Å². The van der Waals surface area contributed by atoms with E-state index in [-0.39, 0.29) is 0 Å². The van der Waals surface area contributed by atoms with E-state index in [1.165, 1.54) is 0 Å². The van der Waals surface area contributed by atoms with E-state index in [0.717, 1.165) is 12.8 Å². The normalized spacial score (nSPS) is 38.3. The zero-order valence-corrected chi connectivity index (χ0v) is 10.0.